The van der Waals surface area contributed by atoms with Gasteiger partial charge in [0.2, 0.25) is 0 Å². The Morgan fingerprint density at radius 2 is 1.15 bits per heavy atom. The molecule has 0 fully saturated rings. The summed E-state index contributed by atoms with van der Waals surface area (Å²) in [5.74, 6) is -0.102. The van der Waals surface area contributed by atoms with Crippen LogP contribution in [0.15, 0.2) is 49.1 Å². The quantitative estimate of drug-likeness (QED) is 0.0879. The van der Waals surface area contributed by atoms with Crippen molar-refractivity contribution in [3.63, 3.8) is 0 Å². The molecule has 4 N–H and O–H groups in total. The average Bonchev–Trinajstić information content (AvgIpc) is 2.84. The predicted molar refractivity (Wildman–Crippen MR) is 146 cm³/mol. The van der Waals surface area contributed by atoms with Crippen molar-refractivity contribution in [3.05, 3.63) is 49.1 Å². The van der Waals surface area contributed by atoms with Crippen LogP contribution in [0.3, 0.4) is 0 Å². The van der Waals surface area contributed by atoms with Crippen molar-refractivity contribution < 1.29 is 20.4 Å². The molecular weight excluding hydrogens is 424 g/mol. The zero-order chi connectivity index (χ0) is 25.8. The first-order chi connectivity index (χ1) is 16.3. The fourth-order valence-electron chi connectivity index (χ4n) is 4.19. The number of aliphatic hydroxyl groups excluding tert-OH is 4. The topological polar surface area (TPSA) is 80.9 Å². The summed E-state index contributed by atoms with van der Waals surface area (Å²) in [6.45, 7) is 11.9. The molecule has 34 heavy (non-hydrogen) atoms. The molecule has 0 aromatic carbocycles. The number of aliphatic hydroxyl groups is 4. The van der Waals surface area contributed by atoms with Gasteiger partial charge in [0.15, 0.2) is 0 Å². The third-order valence-corrected chi connectivity index (χ3v) is 6.85. The molecule has 0 aliphatic heterocycles. The summed E-state index contributed by atoms with van der Waals surface area (Å²) < 4.78 is 0. The predicted octanol–water partition coefficient (Wildman–Crippen LogP) is 6.36. The molecule has 7 atom stereocenters. The average molecular weight is 479 g/mol. The van der Waals surface area contributed by atoms with E-state index in [1.807, 2.05) is 45.1 Å². The number of hydrogen-bond donors (Lipinski definition) is 4. The molecule has 0 aromatic heterocycles. The lowest BCUT2D eigenvalue weighted by Crippen LogP contribution is -2.33. The summed E-state index contributed by atoms with van der Waals surface area (Å²) in [4.78, 5) is 0. The van der Waals surface area contributed by atoms with Crippen LogP contribution < -0.4 is 0 Å². The molecule has 0 heterocycles. The second kappa shape index (κ2) is 21.1. The Morgan fingerprint density at radius 3 is 1.71 bits per heavy atom. The van der Waals surface area contributed by atoms with Gasteiger partial charge in [0.05, 0.1) is 18.3 Å². The van der Waals surface area contributed by atoms with E-state index in [4.69, 9.17) is 5.11 Å². The van der Waals surface area contributed by atoms with Gasteiger partial charge in [-0.25, -0.2) is 0 Å². The molecule has 0 saturated heterocycles. The molecule has 0 amide bonds. The van der Waals surface area contributed by atoms with Crippen LogP contribution in [0.4, 0.5) is 0 Å². The van der Waals surface area contributed by atoms with Crippen molar-refractivity contribution >= 4 is 0 Å². The lowest BCUT2D eigenvalue weighted by molar-refractivity contribution is 0.00103. The van der Waals surface area contributed by atoms with Gasteiger partial charge in [-0.2, -0.15) is 0 Å². The Bertz CT molecular complexity index is 568. The number of allylic oxidation sites excluding steroid dienone is 4. The molecule has 0 unspecified atom stereocenters. The van der Waals surface area contributed by atoms with Crippen LogP contribution in [0.2, 0.25) is 0 Å². The van der Waals surface area contributed by atoms with Gasteiger partial charge in [0, 0.05) is 30.3 Å². The molecule has 198 valence electrons. The van der Waals surface area contributed by atoms with Crippen molar-refractivity contribution in [2.45, 2.75) is 110 Å². The molecule has 0 spiro atoms. The van der Waals surface area contributed by atoms with Gasteiger partial charge >= 0.3 is 0 Å². The zero-order valence-corrected chi connectivity index (χ0v) is 22.4. The van der Waals surface area contributed by atoms with Gasteiger partial charge < -0.3 is 20.4 Å². The van der Waals surface area contributed by atoms with Crippen LogP contribution in [0.25, 0.3) is 0 Å². The SMILES string of the molecule is C=C/C=C\[C@H](C)[C@H](O)[C@@H](C)[C@H](O)CC/C=C\[C@H](C)[C@@H](O)[C@@H](C)/C=C\CCCCCCCCCO. The number of hydrogen-bond acceptors (Lipinski definition) is 4. The number of rotatable bonds is 21. The van der Waals surface area contributed by atoms with Crippen molar-refractivity contribution in [1.82, 2.24) is 0 Å². The highest BCUT2D eigenvalue weighted by molar-refractivity contribution is 5.02. The summed E-state index contributed by atoms with van der Waals surface area (Å²) in [6.07, 6.45) is 22.8. The third kappa shape index (κ3) is 15.7. The van der Waals surface area contributed by atoms with Crippen molar-refractivity contribution in [2.24, 2.45) is 23.7 Å². The summed E-state index contributed by atoms with van der Waals surface area (Å²) in [6, 6.07) is 0. The first kappa shape index (κ1) is 32.8. The van der Waals surface area contributed by atoms with Crippen molar-refractivity contribution in [1.29, 1.82) is 0 Å². The fourth-order valence-corrected chi connectivity index (χ4v) is 4.19. The maximum Gasteiger partial charge on any atom is 0.0659 e. The Morgan fingerprint density at radius 1 is 0.647 bits per heavy atom. The molecule has 4 nitrogen and oxygen atoms in total. The third-order valence-electron chi connectivity index (χ3n) is 6.85. The molecule has 4 heteroatoms. The van der Waals surface area contributed by atoms with E-state index in [9.17, 15) is 15.3 Å². The second-order valence-corrected chi connectivity index (χ2v) is 10.0. The smallest absolute Gasteiger partial charge is 0.0659 e. The van der Waals surface area contributed by atoms with Gasteiger partial charge in [0.25, 0.3) is 0 Å². The molecule has 0 aliphatic carbocycles. The summed E-state index contributed by atoms with van der Waals surface area (Å²) in [7, 11) is 0. The summed E-state index contributed by atoms with van der Waals surface area (Å²) in [5, 5.41) is 40.3. The highest BCUT2D eigenvalue weighted by Crippen LogP contribution is 2.21. The Kier molecular flexibility index (Phi) is 20.4. The minimum absolute atomic E-state index is 0.0368. The van der Waals surface area contributed by atoms with Crippen molar-refractivity contribution in [3.8, 4) is 0 Å². The van der Waals surface area contributed by atoms with Gasteiger partial charge in [-0.3, -0.25) is 0 Å². The second-order valence-electron chi connectivity index (χ2n) is 10.0. The highest BCUT2D eigenvalue weighted by atomic mass is 16.3. The standard InChI is InChI=1S/C30H54O4/c1-6-7-19-26(4)30(34)27(5)28(32)22-17-16-21-25(3)29(33)24(2)20-15-13-11-9-8-10-12-14-18-23-31/h6-7,15-16,19-21,24-34H,1,8-14,17-18,22-23H2,2-5H3/b19-7-,20-15-,21-16-/t24-,25-,26-,27-,28+,29-,30-/m0/s1. The van der Waals surface area contributed by atoms with Gasteiger partial charge in [-0.1, -0.05) is 109 Å². The minimum atomic E-state index is -0.597. The van der Waals surface area contributed by atoms with Crippen molar-refractivity contribution in [2.75, 3.05) is 6.61 Å². The molecule has 0 aliphatic rings. The Hall–Kier alpha value is -1.20. The first-order valence-corrected chi connectivity index (χ1v) is 13.5. The molecule has 0 radical (unpaired) electrons. The zero-order valence-electron chi connectivity index (χ0n) is 22.4. The Labute approximate surface area is 210 Å². The minimum Gasteiger partial charge on any atom is -0.396 e. The van der Waals surface area contributed by atoms with E-state index in [2.05, 4.69) is 25.7 Å². The molecule has 0 bridgehead atoms. The summed E-state index contributed by atoms with van der Waals surface area (Å²) in [5.41, 5.74) is 0. The first-order valence-electron chi connectivity index (χ1n) is 13.5. The van der Waals surface area contributed by atoms with Crippen LogP contribution in [0.1, 0.15) is 91.9 Å². The van der Waals surface area contributed by atoms with E-state index >= 15 is 0 Å². The Balaban J connectivity index is 4.17. The molecule has 0 saturated carbocycles. The fraction of sp³-hybridized carbons (Fsp3) is 0.733. The van der Waals surface area contributed by atoms with E-state index in [0.717, 1.165) is 25.7 Å². The normalized spacial score (nSPS) is 18.8. The maximum absolute atomic E-state index is 10.6. The molecule has 0 aromatic rings. The van der Waals surface area contributed by atoms with E-state index < -0.39 is 18.3 Å². The van der Waals surface area contributed by atoms with E-state index in [-0.39, 0.29) is 23.7 Å². The maximum atomic E-state index is 10.6. The van der Waals surface area contributed by atoms with Crippen LogP contribution in [-0.2, 0) is 0 Å². The van der Waals surface area contributed by atoms with Gasteiger partial charge in [0.1, 0.15) is 0 Å². The lowest BCUT2D eigenvalue weighted by atomic mass is 9.87. The van der Waals surface area contributed by atoms with E-state index in [1.165, 1.54) is 32.1 Å². The van der Waals surface area contributed by atoms with Crippen LogP contribution >= 0.6 is 0 Å². The van der Waals surface area contributed by atoms with E-state index in [0.29, 0.717) is 13.0 Å². The lowest BCUT2D eigenvalue weighted by Gasteiger charge is -2.27. The molecular formula is C30H54O4. The van der Waals surface area contributed by atoms with Crippen LogP contribution in [0, 0.1) is 23.7 Å². The highest BCUT2D eigenvalue weighted by Gasteiger charge is 2.25. The monoisotopic (exact) mass is 478 g/mol. The van der Waals surface area contributed by atoms with Gasteiger partial charge in [-0.15, -0.1) is 0 Å². The molecule has 0 rings (SSSR count). The van der Waals surface area contributed by atoms with Gasteiger partial charge in [-0.05, 0) is 32.1 Å². The van der Waals surface area contributed by atoms with E-state index in [1.54, 1.807) is 6.08 Å². The van der Waals surface area contributed by atoms with Crippen LogP contribution in [0.5, 0.6) is 0 Å². The summed E-state index contributed by atoms with van der Waals surface area (Å²) >= 11 is 0. The number of unbranched alkanes of at least 4 members (excludes halogenated alkanes) is 7. The van der Waals surface area contributed by atoms with Crippen LogP contribution in [-0.4, -0.2) is 45.3 Å². The largest absolute Gasteiger partial charge is 0.396 e.